The van der Waals surface area contributed by atoms with Crippen molar-refractivity contribution in [2.45, 2.75) is 6.42 Å². The van der Waals surface area contributed by atoms with Gasteiger partial charge in [-0.15, -0.1) is 0 Å². The fourth-order valence-corrected chi connectivity index (χ4v) is 4.76. The standard InChI is InChI=1S/C27H20Cl2N10O2/c28-17-5-2-6-20-22(17)26(40)39(21(37-20)8-10-31-24-23-25(33-13-32-23)35-14-34-24)16-4-1-3-15(11-16)36-27(41)38-19-7-9-30-12-18(19)29/h1-7,9,11-14H,8,10H2,(H2,30,36,38,41)(H2,31,32,33,34,35). The van der Waals surface area contributed by atoms with Crippen molar-refractivity contribution in [1.29, 1.82) is 0 Å². The number of aromatic amines is 1. The first kappa shape index (κ1) is 26.2. The average Bonchev–Trinajstić information content (AvgIpc) is 3.44. The fraction of sp³-hybridized carbons (Fsp3) is 0.0741. The molecule has 6 rings (SSSR count). The first-order chi connectivity index (χ1) is 20.0. The highest BCUT2D eigenvalue weighted by atomic mass is 35.5. The first-order valence-electron chi connectivity index (χ1n) is 12.3. The van der Waals surface area contributed by atoms with E-state index in [1.165, 1.54) is 23.3 Å². The third kappa shape index (κ3) is 5.38. The van der Waals surface area contributed by atoms with Crippen LogP contribution in [0.4, 0.5) is 22.0 Å². The van der Waals surface area contributed by atoms with Gasteiger partial charge in [0.25, 0.3) is 5.56 Å². The van der Waals surface area contributed by atoms with E-state index in [4.69, 9.17) is 28.2 Å². The van der Waals surface area contributed by atoms with E-state index in [1.807, 2.05) is 0 Å². The highest BCUT2D eigenvalue weighted by molar-refractivity contribution is 6.35. The predicted octanol–water partition coefficient (Wildman–Crippen LogP) is 5.05. The van der Waals surface area contributed by atoms with Gasteiger partial charge in [0, 0.05) is 31.0 Å². The van der Waals surface area contributed by atoms with Crippen LogP contribution in [-0.2, 0) is 6.42 Å². The minimum atomic E-state index is -0.512. The van der Waals surface area contributed by atoms with Crippen LogP contribution in [0, 0.1) is 0 Å². The normalized spacial score (nSPS) is 11.1. The molecule has 0 atom stereocenters. The Bertz CT molecular complexity index is 1970. The van der Waals surface area contributed by atoms with Gasteiger partial charge in [0.1, 0.15) is 17.7 Å². The van der Waals surface area contributed by atoms with E-state index in [2.05, 4.69) is 40.9 Å². The lowest BCUT2D eigenvalue weighted by atomic mass is 10.2. The number of carbonyl (C=O) groups is 1. The summed E-state index contributed by atoms with van der Waals surface area (Å²) in [5.74, 6) is 1.06. The van der Waals surface area contributed by atoms with Crippen molar-refractivity contribution in [3.05, 3.63) is 99.8 Å². The quantitative estimate of drug-likeness (QED) is 0.202. The van der Waals surface area contributed by atoms with Crippen LogP contribution >= 0.6 is 23.2 Å². The van der Waals surface area contributed by atoms with Crippen LogP contribution in [0.3, 0.4) is 0 Å². The lowest BCUT2D eigenvalue weighted by molar-refractivity contribution is 0.262. The van der Waals surface area contributed by atoms with E-state index in [1.54, 1.807) is 54.9 Å². The van der Waals surface area contributed by atoms with Crippen LogP contribution < -0.4 is 21.5 Å². The van der Waals surface area contributed by atoms with E-state index in [0.29, 0.717) is 73.8 Å². The number of imidazole rings is 1. The molecule has 0 aliphatic carbocycles. The Hall–Kier alpha value is -5.07. The van der Waals surface area contributed by atoms with E-state index >= 15 is 0 Å². The van der Waals surface area contributed by atoms with Gasteiger partial charge >= 0.3 is 6.03 Å². The van der Waals surface area contributed by atoms with Gasteiger partial charge < -0.3 is 20.9 Å². The number of rotatable bonds is 7. The zero-order valence-electron chi connectivity index (χ0n) is 21.1. The van der Waals surface area contributed by atoms with Gasteiger partial charge in [-0.1, -0.05) is 35.3 Å². The number of benzene rings is 2. The predicted molar refractivity (Wildman–Crippen MR) is 158 cm³/mol. The van der Waals surface area contributed by atoms with Crippen molar-refractivity contribution in [3.8, 4) is 5.69 Å². The molecule has 0 radical (unpaired) electrons. The Labute approximate surface area is 241 Å². The third-order valence-electron chi connectivity index (χ3n) is 6.16. The summed E-state index contributed by atoms with van der Waals surface area (Å²) in [7, 11) is 0. The Kier molecular flexibility index (Phi) is 7.15. The molecule has 2 amide bonds. The lowest BCUT2D eigenvalue weighted by Crippen LogP contribution is -2.26. The van der Waals surface area contributed by atoms with Gasteiger partial charge in [0.15, 0.2) is 11.5 Å². The topological polar surface area (TPSA) is 155 Å². The van der Waals surface area contributed by atoms with E-state index in [9.17, 15) is 9.59 Å². The van der Waals surface area contributed by atoms with E-state index in [0.717, 1.165) is 0 Å². The van der Waals surface area contributed by atoms with Crippen molar-refractivity contribution in [2.75, 3.05) is 22.5 Å². The summed E-state index contributed by atoms with van der Waals surface area (Å²) >= 11 is 12.5. The van der Waals surface area contributed by atoms with Crippen LogP contribution in [-0.4, -0.2) is 47.0 Å². The number of amides is 2. The van der Waals surface area contributed by atoms with Crippen molar-refractivity contribution >= 4 is 68.5 Å². The second kappa shape index (κ2) is 11.2. The summed E-state index contributed by atoms with van der Waals surface area (Å²) in [5.41, 5.74) is 2.71. The number of carbonyl (C=O) groups excluding carboxylic acids is 1. The maximum atomic E-state index is 13.8. The molecule has 0 fully saturated rings. The van der Waals surface area contributed by atoms with E-state index in [-0.39, 0.29) is 5.56 Å². The number of fused-ring (bicyclic) bond motifs is 2. The number of hydrogen-bond acceptors (Lipinski definition) is 8. The van der Waals surface area contributed by atoms with Crippen molar-refractivity contribution in [2.24, 2.45) is 0 Å². The smallest absolute Gasteiger partial charge is 0.323 e. The molecule has 4 heterocycles. The van der Waals surface area contributed by atoms with Gasteiger partial charge in [-0.3, -0.25) is 14.3 Å². The Morgan fingerprint density at radius 3 is 2.76 bits per heavy atom. The molecule has 0 bridgehead atoms. The van der Waals surface area contributed by atoms with Gasteiger partial charge in [-0.25, -0.2) is 24.7 Å². The summed E-state index contributed by atoms with van der Waals surface area (Å²) in [6.07, 6.45) is 6.28. The van der Waals surface area contributed by atoms with Crippen LogP contribution in [0.2, 0.25) is 10.0 Å². The molecule has 0 unspecified atom stereocenters. The number of H-pyrrole nitrogens is 1. The monoisotopic (exact) mass is 586 g/mol. The molecular formula is C27H20Cl2N10O2. The molecular weight excluding hydrogens is 567 g/mol. The molecule has 6 aromatic rings. The SMILES string of the molecule is O=C(Nc1cccc(-n2c(CCNc3ncnc4nc[nH]c34)nc3cccc(Cl)c3c2=O)c1)Nc1ccncc1Cl. The Balaban J connectivity index is 1.32. The summed E-state index contributed by atoms with van der Waals surface area (Å²) in [5, 5.41) is 9.60. The maximum absolute atomic E-state index is 13.8. The highest BCUT2D eigenvalue weighted by Gasteiger charge is 2.16. The second-order valence-electron chi connectivity index (χ2n) is 8.79. The van der Waals surface area contributed by atoms with Crippen molar-refractivity contribution in [3.63, 3.8) is 0 Å². The molecule has 204 valence electrons. The van der Waals surface area contributed by atoms with Gasteiger partial charge in [0.2, 0.25) is 0 Å². The first-order valence-corrected chi connectivity index (χ1v) is 13.1. The minimum Gasteiger partial charge on any atom is -0.368 e. The van der Waals surface area contributed by atoms with Crippen LogP contribution in [0.1, 0.15) is 5.82 Å². The number of hydrogen-bond donors (Lipinski definition) is 4. The molecule has 41 heavy (non-hydrogen) atoms. The third-order valence-corrected chi connectivity index (χ3v) is 6.78. The number of nitrogens with zero attached hydrogens (tertiary/aromatic N) is 6. The fourth-order valence-electron chi connectivity index (χ4n) is 4.35. The lowest BCUT2D eigenvalue weighted by Gasteiger charge is -2.16. The molecule has 4 N–H and O–H groups in total. The number of urea groups is 1. The second-order valence-corrected chi connectivity index (χ2v) is 9.60. The summed E-state index contributed by atoms with van der Waals surface area (Å²) < 4.78 is 1.49. The Morgan fingerprint density at radius 2 is 1.88 bits per heavy atom. The minimum absolute atomic E-state index is 0.295. The zero-order valence-corrected chi connectivity index (χ0v) is 22.6. The molecule has 0 aliphatic rings. The zero-order chi connectivity index (χ0) is 28.3. The number of pyridine rings is 1. The number of halogens is 2. The van der Waals surface area contributed by atoms with Gasteiger partial charge in [-0.05, 0) is 36.4 Å². The van der Waals surface area contributed by atoms with E-state index < -0.39 is 6.03 Å². The number of aromatic nitrogens is 7. The molecule has 14 heteroatoms. The molecule has 0 spiro atoms. The molecule has 2 aromatic carbocycles. The number of nitrogens with one attached hydrogen (secondary N) is 4. The van der Waals surface area contributed by atoms with Crippen molar-refractivity contribution < 1.29 is 4.79 Å². The molecule has 0 aliphatic heterocycles. The van der Waals surface area contributed by atoms with Crippen LogP contribution in [0.5, 0.6) is 0 Å². The van der Waals surface area contributed by atoms with Crippen LogP contribution in [0.15, 0.2) is 78.4 Å². The average molecular weight is 587 g/mol. The summed E-state index contributed by atoms with van der Waals surface area (Å²) in [6, 6.07) is 13.1. The largest absolute Gasteiger partial charge is 0.368 e. The molecule has 12 nitrogen and oxygen atoms in total. The summed E-state index contributed by atoms with van der Waals surface area (Å²) in [6.45, 7) is 0.399. The molecule has 4 aromatic heterocycles. The van der Waals surface area contributed by atoms with Gasteiger partial charge in [-0.2, -0.15) is 0 Å². The number of anilines is 3. The summed E-state index contributed by atoms with van der Waals surface area (Å²) in [4.78, 5) is 50.7. The highest BCUT2D eigenvalue weighted by Crippen LogP contribution is 2.23. The van der Waals surface area contributed by atoms with Gasteiger partial charge in [0.05, 0.1) is 38.7 Å². The van der Waals surface area contributed by atoms with Crippen molar-refractivity contribution in [1.82, 2.24) is 34.5 Å². The molecule has 0 saturated heterocycles. The molecule has 0 saturated carbocycles. The Morgan fingerprint density at radius 1 is 1.00 bits per heavy atom. The van der Waals surface area contributed by atoms with Crippen LogP contribution in [0.25, 0.3) is 27.8 Å². The maximum Gasteiger partial charge on any atom is 0.323 e.